The lowest BCUT2D eigenvalue weighted by molar-refractivity contribution is -0.384. The minimum atomic E-state index is -2.34. The molecule has 1 heterocycles. The summed E-state index contributed by atoms with van der Waals surface area (Å²) < 4.78 is 76.2. The number of phenols is 1. The lowest BCUT2D eigenvalue weighted by atomic mass is 10.2. The summed E-state index contributed by atoms with van der Waals surface area (Å²) in [7, 11) is 0. The third-order valence-corrected chi connectivity index (χ3v) is 3.85. The van der Waals surface area contributed by atoms with Crippen LogP contribution in [-0.2, 0) is 6.61 Å². The Morgan fingerprint density at radius 1 is 1.03 bits per heavy atom. The van der Waals surface area contributed by atoms with E-state index in [4.69, 9.17) is 4.42 Å². The van der Waals surface area contributed by atoms with Crippen LogP contribution in [0.15, 0.2) is 34.7 Å². The zero-order valence-corrected chi connectivity index (χ0v) is 14.9. The van der Waals surface area contributed by atoms with Gasteiger partial charge in [0.2, 0.25) is 29.1 Å². The van der Waals surface area contributed by atoms with E-state index in [1.165, 1.54) is 0 Å². The molecule has 0 fully saturated rings. The first kappa shape index (κ1) is 21.5. The largest absolute Gasteiger partial charge is 0.506 e. The molecule has 162 valence electrons. The molecule has 3 rings (SSSR count). The molecular weight excluding hydrogens is 435 g/mol. The van der Waals surface area contributed by atoms with E-state index < -0.39 is 63.7 Å². The monoisotopic (exact) mass is 444 g/mol. The van der Waals surface area contributed by atoms with E-state index in [-0.39, 0.29) is 17.2 Å². The van der Waals surface area contributed by atoms with Gasteiger partial charge in [-0.1, -0.05) is 0 Å². The van der Waals surface area contributed by atoms with Gasteiger partial charge in [0.15, 0.2) is 11.5 Å². The smallest absolute Gasteiger partial charge is 0.291 e. The number of aromatic hydroxyl groups is 1. The number of carbonyl (C=O) groups excluding carboxylic acids is 1. The van der Waals surface area contributed by atoms with E-state index in [2.05, 4.69) is 10.1 Å². The standard InChI is InChI=1S/C18H9F5N2O6/c19-12-13(20)15(22)17(16(23)14(12)21)30-6-8-2-4-11(31-8)18(27)24-9-3-1-7(25(28)29)5-10(9)26/h1-5,26H,6H2,(H,24,27). The molecule has 0 aliphatic carbocycles. The second-order valence-corrected chi connectivity index (χ2v) is 5.87. The van der Waals surface area contributed by atoms with Crippen molar-refractivity contribution < 1.29 is 45.9 Å². The highest BCUT2D eigenvalue weighted by Crippen LogP contribution is 2.30. The Labute approximate surface area is 168 Å². The SMILES string of the molecule is O=C(Nc1ccc([N+](=O)[O-])cc1O)c1ccc(COc2c(F)c(F)c(F)c(F)c2F)o1. The summed E-state index contributed by atoms with van der Waals surface area (Å²) in [6.07, 6.45) is 0. The van der Waals surface area contributed by atoms with Crippen LogP contribution < -0.4 is 10.1 Å². The summed E-state index contributed by atoms with van der Waals surface area (Å²) in [6, 6.07) is 5.15. The molecule has 8 nitrogen and oxygen atoms in total. The number of halogens is 5. The molecule has 0 radical (unpaired) electrons. The molecule has 31 heavy (non-hydrogen) atoms. The molecule has 0 spiro atoms. The van der Waals surface area contributed by atoms with E-state index in [1.807, 2.05) is 0 Å². The van der Waals surface area contributed by atoms with Crippen molar-refractivity contribution in [3.8, 4) is 11.5 Å². The summed E-state index contributed by atoms with van der Waals surface area (Å²) in [6.45, 7) is -0.783. The molecule has 2 aromatic carbocycles. The number of nitro benzene ring substituents is 1. The zero-order chi connectivity index (χ0) is 22.9. The quantitative estimate of drug-likeness (QED) is 0.145. The molecular formula is C18H9F5N2O6. The molecule has 0 unspecified atom stereocenters. The first-order chi connectivity index (χ1) is 14.6. The van der Waals surface area contributed by atoms with Crippen molar-refractivity contribution in [2.75, 3.05) is 5.32 Å². The Kier molecular flexibility index (Phi) is 5.77. The molecule has 0 aliphatic heterocycles. The maximum atomic E-state index is 13.6. The number of amides is 1. The topological polar surface area (TPSA) is 115 Å². The van der Waals surface area contributed by atoms with E-state index in [1.54, 1.807) is 0 Å². The molecule has 0 saturated carbocycles. The van der Waals surface area contributed by atoms with Crippen LogP contribution >= 0.6 is 0 Å². The highest BCUT2D eigenvalue weighted by atomic mass is 19.2. The first-order valence-corrected chi connectivity index (χ1v) is 8.11. The predicted molar refractivity (Wildman–Crippen MR) is 92.0 cm³/mol. The van der Waals surface area contributed by atoms with Gasteiger partial charge >= 0.3 is 0 Å². The number of benzene rings is 2. The van der Waals surface area contributed by atoms with Crippen LogP contribution in [0.25, 0.3) is 0 Å². The van der Waals surface area contributed by atoms with Gasteiger partial charge in [-0.25, -0.2) is 13.2 Å². The Morgan fingerprint density at radius 2 is 1.65 bits per heavy atom. The summed E-state index contributed by atoms with van der Waals surface area (Å²) in [5.41, 5.74) is -0.590. The fourth-order valence-corrected chi connectivity index (χ4v) is 2.36. The molecule has 0 aliphatic rings. The second kappa shape index (κ2) is 8.30. The molecule has 1 aromatic heterocycles. The summed E-state index contributed by atoms with van der Waals surface area (Å²) in [5, 5.41) is 22.6. The molecule has 13 heteroatoms. The number of nitrogens with zero attached hydrogens (tertiary/aromatic N) is 1. The number of nitro groups is 1. The third-order valence-electron chi connectivity index (χ3n) is 3.85. The maximum absolute atomic E-state index is 13.6. The number of hydrogen-bond donors (Lipinski definition) is 2. The van der Waals surface area contributed by atoms with Crippen LogP contribution in [0.4, 0.5) is 33.3 Å². The minimum absolute atomic E-state index is 0.175. The van der Waals surface area contributed by atoms with Crippen molar-refractivity contribution >= 4 is 17.3 Å². The third kappa shape index (κ3) is 4.24. The molecule has 0 saturated heterocycles. The molecule has 3 aromatic rings. The number of ether oxygens (including phenoxy) is 1. The lowest BCUT2D eigenvalue weighted by Gasteiger charge is -2.09. The Hall–Kier alpha value is -4.16. The average Bonchev–Trinajstić information content (AvgIpc) is 3.21. The van der Waals surface area contributed by atoms with E-state index in [0.717, 1.165) is 30.3 Å². The van der Waals surface area contributed by atoms with Gasteiger partial charge < -0.3 is 19.6 Å². The van der Waals surface area contributed by atoms with Crippen molar-refractivity contribution in [3.05, 3.63) is 81.1 Å². The predicted octanol–water partition coefficient (Wildman–Crippen LogP) is 4.42. The highest BCUT2D eigenvalue weighted by molar-refractivity contribution is 6.03. The van der Waals surface area contributed by atoms with Crippen LogP contribution in [0.1, 0.15) is 16.3 Å². The lowest BCUT2D eigenvalue weighted by Crippen LogP contribution is -2.11. The van der Waals surface area contributed by atoms with Gasteiger partial charge in [-0.05, 0) is 18.2 Å². The first-order valence-electron chi connectivity index (χ1n) is 8.11. The Balaban J connectivity index is 1.71. The normalized spacial score (nSPS) is 10.7. The van der Waals surface area contributed by atoms with Crippen LogP contribution in [-0.4, -0.2) is 15.9 Å². The van der Waals surface area contributed by atoms with Crippen molar-refractivity contribution in [2.24, 2.45) is 0 Å². The van der Waals surface area contributed by atoms with Crippen LogP contribution in [0, 0.1) is 39.2 Å². The van der Waals surface area contributed by atoms with Gasteiger partial charge in [0, 0.05) is 6.07 Å². The number of anilines is 1. The molecule has 0 atom stereocenters. The number of furan rings is 1. The van der Waals surface area contributed by atoms with Crippen molar-refractivity contribution in [1.29, 1.82) is 0 Å². The van der Waals surface area contributed by atoms with Gasteiger partial charge in [-0.3, -0.25) is 14.9 Å². The summed E-state index contributed by atoms with van der Waals surface area (Å²) in [4.78, 5) is 22.0. The molecule has 1 amide bonds. The van der Waals surface area contributed by atoms with Crippen molar-refractivity contribution in [2.45, 2.75) is 6.61 Å². The number of non-ortho nitro benzene ring substituents is 1. The zero-order valence-electron chi connectivity index (χ0n) is 14.9. The van der Waals surface area contributed by atoms with Crippen molar-refractivity contribution in [3.63, 3.8) is 0 Å². The van der Waals surface area contributed by atoms with Crippen LogP contribution in [0.3, 0.4) is 0 Å². The number of hydrogen-bond acceptors (Lipinski definition) is 6. The van der Waals surface area contributed by atoms with Gasteiger partial charge in [0.05, 0.1) is 16.7 Å². The Morgan fingerprint density at radius 3 is 2.23 bits per heavy atom. The summed E-state index contributed by atoms with van der Waals surface area (Å²) in [5.74, 6) is -14.6. The van der Waals surface area contributed by atoms with Gasteiger partial charge in [0.25, 0.3) is 11.6 Å². The van der Waals surface area contributed by atoms with Crippen LogP contribution in [0.5, 0.6) is 11.5 Å². The van der Waals surface area contributed by atoms with Crippen molar-refractivity contribution in [1.82, 2.24) is 0 Å². The fourth-order valence-electron chi connectivity index (χ4n) is 2.36. The fraction of sp³-hybridized carbons (Fsp3) is 0.0556. The molecule has 0 bridgehead atoms. The number of phenolic OH excluding ortho intramolecular Hbond substituents is 1. The van der Waals surface area contributed by atoms with Gasteiger partial charge in [-0.2, -0.15) is 8.78 Å². The number of nitrogens with one attached hydrogen (secondary N) is 1. The second-order valence-electron chi connectivity index (χ2n) is 5.87. The minimum Gasteiger partial charge on any atom is -0.506 e. The number of carbonyl (C=O) groups is 1. The maximum Gasteiger partial charge on any atom is 0.291 e. The molecule has 2 N–H and O–H groups in total. The highest BCUT2D eigenvalue weighted by Gasteiger charge is 2.27. The average molecular weight is 444 g/mol. The summed E-state index contributed by atoms with van der Waals surface area (Å²) >= 11 is 0. The van der Waals surface area contributed by atoms with Crippen LogP contribution in [0.2, 0.25) is 0 Å². The van der Waals surface area contributed by atoms with Gasteiger partial charge in [-0.15, -0.1) is 0 Å². The van der Waals surface area contributed by atoms with E-state index in [9.17, 15) is 42.0 Å². The van der Waals surface area contributed by atoms with E-state index >= 15 is 0 Å². The van der Waals surface area contributed by atoms with Gasteiger partial charge in [0.1, 0.15) is 18.1 Å². The number of rotatable bonds is 6. The van der Waals surface area contributed by atoms with E-state index in [0.29, 0.717) is 0 Å². The Bertz CT molecular complexity index is 1170.